The molecule has 6 nitrogen and oxygen atoms in total. The summed E-state index contributed by atoms with van der Waals surface area (Å²) in [7, 11) is 1.74. The fraction of sp³-hybridized carbons (Fsp3) is 0.636. The van der Waals surface area contributed by atoms with E-state index in [1.807, 2.05) is 0 Å². The van der Waals surface area contributed by atoms with Crippen molar-refractivity contribution in [2.75, 3.05) is 5.75 Å². The van der Waals surface area contributed by atoms with Crippen molar-refractivity contribution in [1.82, 2.24) is 15.0 Å². The van der Waals surface area contributed by atoms with Gasteiger partial charge in [0.05, 0.1) is 11.1 Å². The van der Waals surface area contributed by atoms with Crippen LogP contribution < -0.4 is 11.0 Å². The number of hydrogen-bond donors (Lipinski definition) is 1. The summed E-state index contributed by atoms with van der Waals surface area (Å²) in [6.45, 7) is 6.94. The molecule has 2 heterocycles. The molecule has 2 aromatic rings. The van der Waals surface area contributed by atoms with Gasteiger partial charge in [0.1, 0.15) is 4.83 Å². The summed E-state index contributed by atoms with van der Waals surface area (Å²) in [5.74, 6) is 0.696. The van der Waals surface area contributed by atoms with Crippen LogP contribution in [0.2, 0.25) is 0 Å². The SMILES string of the molecule is Cn1c(SCC(=O)N/N=C2\CC3CCC2(C)C3(C)C)nc2sc3c(c2c1=O)CCC3. The predicted molar refractivity (Wildman–Crippen MR) is 122 cm³/mol. The summed E-state index contributed by atoms with van der Waals surface area (Å²) in [4.78, 5) is 32.2. The lowest BCUT2D eigenvalue weighted by Gasteiger charge is -2.34. The Kier molecular flexibility index (Phi) is 4.67. The molecule has 30 heavy (non-hydrogen) atoms. The van der Waals surface area contributed by atoms with Crippen LogP contribution in [0.15, 0.2) is 15.1 Å². The first-order chi connectivity index (χ1) is 14.2. The van der Waals surface area contributed by atoms with Gasteiger partial charge in [-0.2, -0.15) is 5.10 Å². The van der Waals surface area contributed by atoms with Crippen molar-refractivity contribution < 1.29 is 4.79 Å². The number of hydrogen-bond acceptors (Lipinski definition) is 6. The molecule has 160 valence electrons. The van der Waals surface area contributed by atoms with E-state index >= 15 is 0 Å². The Balaban J connectivity index is 1.29. The number of aromatic nitrogens is 2. The molecule has 0 radical (unpaired) electrons. The Morgan fingerprint density at radius 3 is 2.87 bits per heavy atom. The van der Waals surface area contributed by atoms with Gasteiger partial charge in [0.25, 0.3) is 11.5 Å². The van der Waals surface area contributed by atoms with Gasteiger partial charge in [-0.25, -0.2) is 10.4 Å². The molecule has 5 rings (SSSR count). The molecule has 2 saturated carbocycles. The van der Waals surface area contributed by atoms with Crippen LogP contribution >= 0.6 is 23.1 Å². The van der Waals surface area contributed by atoms with E-state index in [1.165, 1.54) is 28.6 Å². The van der Waals surface area contributed by atoms with Crippen molar-refractivity contribution in [3.63, 3.8) is 0 Å². The van der Waals surface area contributed by atoms with Gasteiger partial charge >= 0.3 is 0 Å². The normalized spacial score (nSPS) is 27.9. The first-order valence-corrected chi connectivity index (χ1v) is 12.5. The lowest BCUT2D eigenvalue weighted by molar-refractivity contribution is -0.118. The fourth-order valence-corrected chi connectivity index (χ4v) is 7.69. The number of rotatable bonds is 4. The Hall–Kier alpha value is -1.67. The number of carbonyl (C=O) groups is 1. The summed E-state index contributed by atoms with van der Waals surface area (Å²) in [5.41, 5.74) is 5.40. The number of thioether (sulfide) groups is 1. The molecule has 2 unspecified atom stereocenters. The van der Waals surface area contributed by atoms with Gasteiger partial charge in [-0.15, -0.1) is 11.3 Å². The van der Waals surface area contributed by atoms with Gasteiger partial charge in [0.2, 0.25) is 0 Å². The third-order valence-corrected chi connectivity index (χ3v) is 10.3. The van der Waals surface area contributed by atoms with Crippen LogP contribution in [-0.4, -0.2) is 26.9 Å². The molecule has 3 aliphatic carbocycles. The van der Waals surface area contributed by atoms with Crippen molar-refractivity contribution in [3.05, 3.63) is 20.8 Å². The first-order valence-electron chi connectivity index (χ1n) is 10.7. The van der Waals surface area contributed by atoms with Gasteiger partial charge in [-0.3, -0.25) is 14.2 Å². The third-order valence-electron chi connectivity index (χ3n) is 8.07. The van der Waals surface area contributed by atoms with Crippen molar-refractivity contribution in [1.29, 1.82) is 0 Å². The van der Waals surface area contributed by atoms with Crippen LogP contribution in [-0.2, 0) is 24.7 Å². The molecule has 2 aromatic heterocycles. The number of carbonyl (C=O) groups excluding carboxylic acids is 1. The van der Waals surface area contributed by atoms with Crippen molar-refractivity contribution in [2.24, 2.45) is 28.9 Å². The van der Waals surface area contributed by atoms with Gasteiger partial charge in [-0.05, 0) is 55.4 Å². The lowest BCUT2D eigenvalue weighted by Crippen LogP contribution is -2.34. The predicted octanol–water partition coefficient (Wildman–Crippen LogP) is 3.89. The van der Waals surface area contributed by atoms with E-state index in [4.69, 9.17) is 4.98 Å². The largest absolute Gasteiger partial charge is 0.290 e. The van der Waals surface area contributed by atoms with E-state index < -0.39 is 0 Å². The van der Waals surface area contributed by atoms with Crippen molar-refractivity contribution in [3.8, 4) is 0 Å². The molecular formula is C22H28N4O2S2. The summed E-state index contributed by atoms with van der Waals surface area (Å²) in [6, 6.07) is 0. The molecule has 3 aliphatic rings. The summed E-state index contributed by atoms with van der Waals surface area (Å²) in [5, 5.41) is 5.89. The van der Waals surface area contributed by atoms with E-state index in [-0.39, 0.29) is 28.0 Å². The van der Waals surface area contributed by atoms with Crippen LogP contribution in [0.1, 0.15) is 56.9 Å². The van der Waals surface area contributed by atoms with Gasteiger partial charge in [0.15, 0.2) is 5.16 Å². The van der Waals surface area contributed by atoms with E-state index in [0.29, 0.717) is 11.1 Å². The second kappa shape index (κ2) is 6.92. The number of fused-ring (bicyclic) bond motifs is 5. The topological polar surface area (TPSA) is 76.3 Å². The lowest BCUT2D eigenvalue weighted by atomic mass is 9.70. The Morgan fingerprint density at radius 1 is 1.37 bits per heavy atom. The molecule has 0 spiro atoms. The zero-order valence-electron chi connectivity index (χ0n) is 18.0. The third kappa shape index (κ3) is 2.83. The fourth-order valence-electron chi connectivity index (χ4n) is 5.62. The highest BCUT2D eigenvalue weighted by Gasteiger charge is 2.60. The summed E-state index contributed by atoms with van der Waals surface area (Å²) in [6.07, 6.45) is 6.51. The molecular weight excluding hydrogens is 416 g/mol. The van der Waals surface area contributed by atoms with E-state index in [1.54, 1.807) is 23.0 Å². The smallest absolute Gasteiger partial charge is 0.262 e. The highest BCUT2D eigenvalue weighted by atomic mass is 32.2. The second-order valence-corrected chi connectivity index (χ2v) is 11.7. The molecule has 8 heteroatoms. The Morgan fingerprint density at radius 2 is 2.17 bits per heavy atom. The maximum Gasteiger partial charge on any atom is 0.262 e. The minimum absolute atomic E-state index is 0.000289. The molecule has 0 aliphatic heterocycles. The number of aryl methyl sites for hydroxylation is 2. The maximum atomic E-state index is 12.9. The van der Waals surface area contributed by atoms with Gasteiger partial charge in [-0.1, -0.05) is 32.5 Å². The quantitative estimate of drug-likeness (QED) is 0.441. The van der Waals surface area contributed by atoms with E-state index in [0.717, 1.165) is 48.0 Å². The zero-order chi connectivity index (χ0) is 21.3. The first kappa shape index (κ1) is 20.2. The molecule has 1 amide bonds. The number of nitrogens with zero attached hydrogens (tertiary/aromatic N) is 3. The van der Waals surface area contributed by atoms with Crippen LogP contribution in [0.25, 0.3) is 10.2 Å². The highest BCUT2D eigenvalue weighted by Crippen LogP contribution is 2.63. The maximum absolute atomic E-state index is 12.9. The number of thiophene rings is 1. The van der Waals surface area contributed by atoms with Crippen LogP contribution in [0.4, 0.5) is 0 Å². The van der Waals surface area contributed by atoms with Gasteiger partial charge in [0, 0.05) is 23.1 Å². The van der Waals surface area contributed by atoms with E-state index in [9.17, 15) is 9.59 Å². The standard InChI is InChI=1S/C22H28N4O2S2/c1-21(2)12-8-9-22(21,3)15(10-12)24-25-16(27)11-29-20-23-18-17(19(28)26(20)4)13-6-5-7-14(13)30-18/h12H,5-11H2,1-4H3,(H,25,27)/b24-15+. The highest BCUT2D eigenvalue weighted by molar-refractivity contribution is 7.99. The number of hydrazone groups is 1. The summed E-state index contributed by atoms with van der Waals surface area (Å²) < 4.78 is 1.58. The number of amides is 1. The van der Waals surface area contributed by atoms with Crippen molar-refractivity contribution in [2.45, 2.75) is 64.5 Å². The molecule has 2 fully saturated rings. The molecule has 2 bridgehead atoms. The van der Waals surface area contributed by atoms with Crippen molar-refractivity contribution >= 4 is 44.9 Å². The Bertz CT molecular complexity index is 1150. The summed E-state index contributed by atoms with van der Waals surface area (Å²) >= 11 is 2.93. The molecule has 0 aromatic carbocycles. The zero-order valence-corrected chi connectivity index (χ0v) is 19.6. The minimum Gasteiger partial charge on any atom is -0.290 e. The molecule has 0 saturated heterocycles. The second-order valence-electron chi connectivity index (χ2n) is 9.67. The van der Waals surface area contributed by atoms with Crippen LogP contribution in [0.3, 0.4) is 0 Å². The van der Waals surface area contributed by atoms with Crippen LogP contribution in [0, 0.1) is 16.7 Å². The molecule has 1 N–H and O–H groups in total. The molecule has 2 atom stereocenters. The van der Waals surface area contributed by atoms with Gasteiger partial charge < -0.3 is 0 Å². The average Bonchev–Trinajstić information content (AvgIpc) is 3.38. The van der Waals surface area contributed by atoms with Crippen LogP contribution in [0.5, 0.6) is 0 Å². The minimum atomic E-state index is -0.153. The average molecular weight is 445 g/mol. The van der Waals surface area contributed by atoms with E-state index in [2.05, 4.69) is 31.3 Å². The Labute approximate surface area is 184 Å². The monoisotopic (exact) mass is 444 g/mol. The number of nitrogens with one attached hydrogen (secondary N) is 1.